The number of para-hydroxylation sites is 1. The highest BCUT2D eigenvalue weighted by molar-refractivity contribution is 6.01. The molecule has 7 heteroatoms. The summed E-state index contributed by atoms with van der Waals surface area (Å²) >= 11 is 0. The number of rotatable bonds is 8. The molecule has 1 fully saturated rings. The average molecular weight is 450 g/mol. The van der Waals surface area contributed by atoms with Gasteiger partial charge >= 0.3 is 0 Å². The molecule has 1 atom stereocenters. The van der Waals surface area contributed by atoms with E-state index in [-0.39, 0.29) is 24.6 Å². The molecule has 2 aromatic rings. The Morgan fingerprint density at radius 2 is 1.91 bits per heavy atom. The molecule has 2 aliphatic rings. The number of nitrogens with one attached hydrogen (secondary N) is 1. The van der Waals surface area contributed by atoms with Crippen molar-refractivity contribution < 1.29 is 19.1 Å². The molecule has 0 aliphatic carbocycles. The number of nitrogens with zero attached hydrogens (tertiary/aromatic N) is 2. The smallest absolute Gasteiger partial charge is 0.260 e. The first-order chi connectivity index (χ1) is 16.1. The number of piperidine rings is 1. The molecule has 0 radical (unpaired) electrons. The summed E-state index contributed by atoms with van der Waals surface area (Å²) in [6.07, 6.45) is 4.59. The normalized spacial score (nSPS) is 17.7. The molecule has 174 valence electrons. The Morgan fingerprint density at radius 1 is 1.12 bits per heavy atom. The summed E-state index contributed by atoms with van der Waals surface area (Å²) in [6.45, 7) is 8.13. The predicted octanol–water partition coefficient (Wildman–Crippen LogP) is 4.23. The van der Waals surface area contributed by atoms with Crippen LogP contribution in [-0.4, -0.2) is 54.5 Å². The van der Waals surface area contributed by atoms with E-state index in [0.29, 0.717) is 30.2 Å². The van der Waals surface area contributed by atoms with Crippen LogP contribution in [0.25, 0.3) is 0 Å². The minimum atomic E-state index is -0.381. The second kappa shape index (κ2) is 10.4. The highest BCUT2D eigenvalue weighted by Crippen LogP contribution is 2.37. The van der Waals surface area contributed by atoms with Gasteiger partial charge in [0.2, 0.25) is 0 Å². The molecule has 0 aromatic heterocycles. The molecule has 1 unspecified atom stereocenters. The monoisotopic (exact) mass is 449 g/mol. The average Bonchev–Trinajstić information content (AvgIpc) is 2.85. The summed E-state index contributed by atoms with van der Waals surface area (Å²) in [6, 6.07) is 13.1. The van der Waals surface area contributed by atoms with E-state index < -0.39 is 0 Å². The van der Waals surface area contributed by atoms with Crippen molar-refractivity contribution in [2.75, 3.05) is 38.2 Å². The number of carbonyl (C=O) groups is 2. The molecule has 0 saturated carbocycles. The second-order valence-electron chi connectivity index (χ2n) is 8.21. The van der Waals surface area contributed by atoms with Crippen LogP contribution in [0.3, 0.4) is 0 Å². The Hall–Kier alpha value is -3.48. The number of carbonyl (C=O) groups excluding carboxylic acids is 2. The fourth-order valence-electron chi connectivity index (χ4n) is 4.34. The number of ether oxygens (including phenoxy) is 2. The van der Waals surface area contributed by atoms with Gasteiger partial charge in [0.05, 0.1) is 12.2 Å². The summed E-state index contributed by atoms with van der Waals surface area (Å²) in [4.78, 5) is 29.3. The molecular weight excluding hydrogens is 418 g/mol. The first kappa shape index (κ1) is 22.7. The predicted molar refractivity (Wildman–Crippen MR) is 128 cm³/mol. The van der Waals surface area contributed by atoms with Gasteiger partial charge in [0, 0.05) is 25.3 Å². The van der Waals surface area contributed by atoms with Gasteiger partial charge in [0.25, 0.3) is 11.8 Å². The van der Waals surface area contributed by atoms with Crippen molar-refractivity contribution in [1.82, 2.24) is 9.80 Å². The molecule has 4 rings (SSSR count). The molecule has 1 saturated heterocycles. The van der Waals surface area contributed by atoms with Gasteiger partial charge in [0.15, 0.2) is 18.1 Å². The number of amides is 2. The standard InChI is InChI=1S/C26H31N3O4/c1-3-14-29-25(27-21-11-7-6-10-20(21)26(29)31)19-12-13-22(23(17-19)32-4-2)33-18-24(30)28-15-8-5-9-16-28/h3,6-7,10-13,17,25,27H,1,4-5,8-9,14-16,18H2,2H3. The van der Waals surface area contributed by atoms with Gasteiger partial charge < -0.3 is 24.6 Å². The lowest BCUT2D eigenvalue weighted by Crippen LogP contribution is -2.43. The molecule has 2 aliphatic heterocycles. The zero-order valence-corrected chi connectivity index (χ0v) is 19.1. The van der Waals surface area contributed by atoms with Gasteiger partial charge in [-0.3, -0.25) is 9.59 Å². The largest absolute Gasteiger partial charge is 0.490 e. The number of hydrogen-bond acceptors (Lipinski definition) is 5. The number of anilines is 1. The topological polar surface area (TPSA) is 71.1 Å². The third kappa shape index (κ3) is 4.97. The van der Waals surface area contributed by atoms with Gasteiger partial charge in [-0.2, -0.15) is 0 Å². The van der Waals surface area contributed by atoms with Crippen molar-refractivity contribution in [3.63, 3.8) is 0 Å². The van der Waals surface area contributed by atoms with E-state index >= 15 is 0 Å². The van der Waals surface area contributed by atoms with Crippen molar-refractivity contribution in [1.29, 1.82) is 0 Å². The van der Waals surface area contributed by atoms with Crippen LogP contribution in [0.15, 0.2) is 55.1 Å². The maximum Gasteiger partial charge on any atom is 0.260 e. The summed E-state index contributed by atoms with van der Waals surface area (Å²) < 4.78 is 11.7. The van der Waals surface area contributed by atoms with Crippen molar-refractivity contribution in [2.24, 2.45) is 0 Å². The minimum Gasteiger partial charge on any atom is -0.490 e. The molecule has 33 heavy (non-hydrogen) atoms. The van der Waals surface area contributed by atoms with Crippen molar-refractivity contribution in [3.8, 4) is 11.5 Å². The first-order valence-electron chi connectivity index (χ1n) is 11.6. The third-order valence-corrected chi connectivity index (χ3v) is 5.99. The van der Waals surface area contributed by atoms with E-state index in [1.807, 2.05) is 54.3 Å². The maximum atomic E-state index is 13.1. The fourth-order valence-corrected chi connectivity index (χ4v) is 4.34. The fraction of sp³-hybridized carbons (Fsp3) is 0.385. The Bertz CT molecular complexity index is 1020. The van der Waals surface area contributed by atoms with Crippen LogP contribution in [-0.2, 0) is 4.79 Å². The number of hydrogen-bond donors (Lipinski definition) is 1. The highest BCUT2D eigenvalue weighted by Gasteiger charge is 2.32. The lowest BCUT2D eigenvalue weighted by Gasteiger charge is -2.37. The van der Waals surface area contributed by atoms with Crippen LogP contribution in [0.4, 0.5) is 5.69 Å². The van der Waals surface area contributed by atoms with Crippen LogP contribution in [0.1, 0.15) is 48.3 Å². The van der Waals surface area contributed by atoms with Crippen LogP contribution in [0.5, 0.6) is 11.5 Å². The summed E-state index contributed by atoms with van der Waals surface area (Å²) in [7, 11) is 0. The SMILES string of the molecule is C=CCN1C(=O)c2ccccc2NC1c1ccc(OCC(=O)N2CCCCC2)c(OCC)c1. The highest BCUT2D eigenvalue weighted by atomic mass is 16.5. The van der Waals surface area contributed by atoms with E-state index in [1.165, 1.54) is 6.42 Å². The van der Waals surface area contributed by atoms with Gasteiger partial charge in [-0.15, -0.1) is 6.58 Å². The van der Waals surface area contributed by atoms with Crippen molar-refractivity contribution >= 4 is 17.5 Å². The molecule has 2 heterocycles. The summed E-state index contributed by atoms with van der Waals surface area (Å²) in [5.74, 6) is 1.01. The number of likely N-dealkylation sites (tertiary alicyclic amines) is 1. The second-order valence-corrected chi connectivity index (χ2v) is 8.21. The molecule has 0 spiro atoms. The maximum absolute atomic E-state index is 13.1. The summed E-state index contributed by atoms with van der Waals surface area (Å²) in [5, 5.41) is 3.46. The van der Waals surface area contributed by atoms with Crippen LogP contribution < -0.4 is 14.8 Å². The number of fused-ring (bicyclic) bond motifs is 1. The minimum absolute atomic E-state index is 0.00506. The van der Waals surface area contributed by atoms with E-state index in [4.69, 9.17) is 9.47 Å². The van der Waals surface area contributed by atoms with Gasteiger partial charge in [-0.1, -0.05) is 24.3 Å². The van der Waals surface area contributed by atoms with E-state index in [9.17, 15) is 9.59 Å². The Balaban J connectivity index is 1.56. The van der Waals surface area contributed by atoms with E-state index in [2.05, 4.69) is 11.9 Å². The van der Waals surface area contributed by atoms with E-state index in [1.54, 1.807) is 11.0 Å². The molecule has 2 aromatic carbocycles. The Morgan fingerprint density at radius 3 is 2.67 bits per heavy atom. The molecule has 2 amide bonds. The van der Waals surface area contributed by atoms with Gasteiger partial charge in [-0.25, -0.2) is 0 Å². The van der Waals surface area contributed by atoms with Crippen molar-refractivity contribution in [3.05, 3.63) is 66.2 Å². The van der Waals surface area contributed by atoms with Crippen molar-refractivity contribution in [2.45, 2.75) is 32.4 Å². The Kier molecular flexibility index (Phi) is 7.17. The zero-order chi connectivity index (χ0) is 23.2. The van der Waals surface area contributed by atoms with Crippen LogP contribution in [0.2, 0.25) is 0 Å². The zero-order valence-electron chi connectivity index (χ0n) is 19.1. The molecule has 0 bridgehead atoms. The van der Waals surface area contributed by atoms with E-state index in [0.717, 1.165) is 37.2 Å². The molecular formula is C26H31N3O4. The lowest BCUT2D eigenvalue weighted by molar-refractivity contribution is -0.134. The third-order valence-electron chi connectivity index (χ3n) is 5.99. The van der Waals surface area contributed by atoms with Gasteiger partial charge in [-0.05, 0) is 56.0 Å². The first-order valence-corrected chi connectivity index (χ1v) is 11.6. The Labute approximate surface area is 195 Å². The van der Waals surface area contributed by atoms with Gasteiger partial charge in [0.1, 0.15) is 6.17 Å². The van der Waals surface area contributed by atoms with Crippen LogP contribution >= 0.6 is 0 Å². The summed E-state index contributed by atoms with van der Waals surface area (Å²) in [5.41, 5.74) is 2.29. The van der Waals surface area contributed by atoms with Crippen LogP contribution in [0, 0.1) is 0 Å². The number of benzene rings is 2. The molecule has 7 nitrogen and oxygen atoms in total. The molecule has 1 N–H and O–H groups in total. The lowest BCUT2D eigenvalue weighted by atomic mass is 10.0. The quantitative estimate of drug-likeness (QED) is 0.611.